The number of carbonyl (C=O) groups is 4. The maximum Gasteiger partial charge on any atom is 0.270 e. The maximum absolute atomic E-state index is 13.4. The van der Waals surface area contributed by atoms with Crippen LogP contribution in [0.1, 0.15) is 61.5 Å². The van der Waals surface area contributed by atoms with Crippen LogP contribution in [0.5, 0.6) is 0 Å². The van der Waals surface area contributed by atoms with Gasteiger partial charge in [-0.15, -0.1) is 0 Å². The third-order valence-corrected chi connectivity index (χ3v) is 7.79. The molecule has 2 unspecified atom stereocenters. The first-order valence-corrected chi connectivity index (χ1v) is 14.3. The van der Waals surface area contributed by atoms with Crippen molar-refractivity contribution in [2.75, 3.05) is 31.5 Å². The van der Waals surface area contributed by atoms with E-state index in [-0.39, 0.29) is 29.5 Å². The van der Waals surface area contributed by atoms with Crippen LogP contribution in [-0.4, -0.2) is 76.6 Å². The first-order chi connectivity index (χ1) is 19.4. The van der Waals surface area contributed by atoms with E-state index in [2.05, 4.69) is 26.4 Å². The van der Waals surface area contributed by atoms with Crippen molar-refractivity contribution < 1.29 is 19.2 Å². The van der Waals surface area contributed by atoms with Gasteiger partial charge in [-0.2, -0.15) is 5.10 Å². The predicted octanol–water partition coefficient (Wildman–Crippen LogP) is 1.61. The van der Waals surface area contributed by atoms with Crippen molar-refractivity contribution in [3.63, 3.8) is 0 Å². The summed E-state index contributed by atoms with van der Waals surface area (Å²) in [6.45, 7) is 4.46. The Morgan fingerprint density at radius 1 is 1.00 bits per heavy atom. The Balaban J connectivity index is 1.42. The standard InChI is InChI=1S/C29H41N7O4/c1-3-25(37)33-23(29(40)36-17-15-30-16-18-36)19-20-9-11-22(12-10-20)32-28(39)26(21-7-5-4-6-8-21)34-27(38)24-13-14-31-35(24)2/h9-14,21,23,26,30H,3-8,15-19H2,1-2H3,(H,32,39)(H,33,37)(H,34,38). The van der Waals surface area contributed by atoms with E-state index in [1.54, 1.807) is 43.3 Å². The summed E-state index contributed by atoms with van der Waals surface area (Å²) in [5.74, 6) is -0.767. The molecule has 4 N–H and O–H groups in total. The molecule has 1 aromatic heterocycles. The lowest BCUT2D eigenvalue weighted by atomic mass is 9.83. The van der Waals surface area contributed by atoms with Crippen LogP contribution in [0.3, 0.4) is 0 Å². The van der Waals surface area contributed by atoms with Crippen molar-refractivity contribution in [3.05, 3.63) is 47.8 Å². The molecule has 1 aliphatic carbocycles. The summed E-state index contributed by atoms with van der Waals surface area (Å²) >= 11 is 0. The van der Waals surface area contributed by atoms with Gasteiger partial charge in [0.2, 0.25) is 17.7 Å². The average molecular weight is 552 g/mol. The molecular weight excluding hydrogens is 510 g/mol. The Kier molecular flexibility index (Phi) is 10.3. The van der Waals surface area contributed by atoms with E-state index in [4.69, 9.17) is 0 Å². The van der Waals surface area contributed by atoms with Crippen LogP contribution in [0.2, 0.25) is 0 Å². The van der Waals surface area contributed by atoms with Crippen LogP contribution in [0, 0.1) is 5.92 Å². The van der Waals surface area contributed by atoms with Crippen molar-refractivity contribution in [3.8, 4) is 0 Å². The summed E-state index contributed by atoms with van der Waals surface area (Å²) in [4.78, 5) is 53.5. The highest BCUT2D eigenvalue weighted by atomic mass is 16.2. The number of rotatable bonds is 10. The number of aromatic nitrogens is 2. The Bertz CT molecular complexity index is 1170. The van der Waals surface area contributed by atoms with Gasteiger partial charge in [-0.3, -0.25) is 23.9 Å². The molecule has 2 fully saturated rings. The van der Waals surface area contributed by atoms with Crippen LogP contribution in [0.4, 0.5) is 5.69 Å². The van der Waals surface area contributed by atoms with Crippen LogP contribution >= 0.6 is 0 Å². The Morgan fingerprint density at radius 2 is 1.70 bits per heavy atom. The molecule has 216 valence electrons. The van der Waals surface area contributed by atoms with Crippen molar-refractivity contribution in [1.29, 1.82) is 0 Å². The molecule has 11 heteroatoms. The lowest BCUT2D eigenvalue weighted by Gasteiger charge is -2.31. The molecule has 11 nitrogen and oxygen atoms in total. The summed E-state index contributed by atoms with van der Waals surface area (Å²) in [6, 6.07) is 7.62. The third kappa shape index (κ3) is 7.68. The van der Waals surface area contributed by atoms with E-state index in [0.717, 1.165) is 50.8 Å². The number of amides is 4. The zero-order valence-corrected chi connectivity index (χ0v) is 23.4. The van der Waals surface area contributed by atoms with E-state index < -0.39 is 12.1 Å². The van der Waals surface area contributed by atoms with Gasteiger partial charge in [0.1, 0.15) is 17.8 Å². The van der Waals surface area contributed by atoms with Crippen LogP contribution < -0.4 is 21.3 Å². The number of aryl methyl sites for hydroxylation is 1. The second-order valence-corrected chi connectivity index (χ2v) is 10.6. The van der Waals surface area contributed by atoms with Gasteiger partial charge < -0.3 is 26.2 Å². The number of nitrogens with one attached hydrogen (secondary N) is 4. The Morgan fingerprint density at radius 3 is 2.33 bits per heavy atom. The maximum atomic E-state index is 13.4. The number of hydrogen-bond donors (Lipinski definition) is 4. The topological polar surface area (TPSA) is 137 Å². The molecular formula is C29H41N7O4. The highest BCUT2D eigenvalue weighted by Gasteiger charge is 2.32. The minimum Gasteiger partial charge on any atom is -0.344 e. The van der Waals surface area contributed by atoms with E-state index in [9.17, 15) is 19.2 Å². The minimum absolute atomic E-state index is 0.0594. The van der Waals surface area contributed by atoms with Gasteiger partial charge in [-0.25, -0.2) is 0 Å². The van der Waals surface area contributed by atoms with Gasteiger partial charge in [-0.05, 0) is 42.5 Å². The summed E-state index contributed by atoms with van der Waals surface area (Å²) < 4.78 is 1.49. The highest BCUT2D eigenvalue weighted by molar-refractivity contribution is 6.00. The van der Waals surface area contributed by atoms with Gasteiger partial charge in [0, 0.05) is 58.0 Å². The Labute approximate surface area is 235 Å². The van der Waals surface area contributed by atoms with Crippen molar-refractivity contribution in [1.82, 2.24) is 30.6 Å². The summed E-state index contributed by atoms with van der Waals surface area (Å²) in [6.07, 6.45) is 7.19. The second kappa shape index (κ2) is 14.1. The van der Waals surface area contributed by atoms with E-state index >= 15 is 0 Å². The largest absolute Gasteiger partial charge is 0.344 e. The molecule has 2 heterocycles. The quantitative estimate of drug-likeness (QED) is 0.354. The fraction of sp³-hybridized carbons (Fsp3) is 0.552. The fourth-order valence-corrected chi connectivity index (χ4v) is 5.46. The first-order valence-electron chi connectivity index (χ1n) is 14.3. The second-order valence-electron chi connectivity index (χ2n) is 10.6. The molecule has 1 saturated carbocycles. The average Bonchev–Trinajstić information content (AvgIpc) is 3.42. The molecule has 0 radical (unpaired) electrons. The molecule has 0 bridgehead atoms. The normalized spacial score (nSPS) is 17.5. The minimum atomic E-state index is -0.660. The lowest BCUT2D eigenvalue weighted by Crippen LogP contribution is -2.54. The van der Waals surface area contributed by atoms with Gasteiger partial charge in [0.15, 0.2) is 0 Å². The van der Waals surface area contributed by atoms with Gasteiger partial charge in [0.25, 0.3) is 5.91 Å². The van der Waals surface area contributed by atoms with E-state index in [1.807, 2.05) is 12.1 Å². The summed E-state index contributed by atoms with van der Waals surface area (Å²) in [5.41, 5.74) is 1.88. The molecule has 0 spiro atoms. The number of anilines is 1. The number of hydrogen-bond acceptors (Lipinski definition) is 6. The van der Waals surface area contributed by atoms with Gasteiger partial charge in [-0.1, -0.05) is 38.3 Å². The fourth-order valence-electron chi connectivity index (χ4n) is 5.46. The molecule has 1 saturated heterocycles. The third-order valence-electron chi connectivity index (χ3n) is 7.79. The van der Waals surface area contributed by atoms with Crippen LogP contribution in [0.25, 0.3) is 0 Å². The molecule has 2 atom stereocenters. The molecule has 4 amide bonds. The zero-order valence-electron chi connectivity index (χ0n) is 23.4. The van der Waals surface area contributed by atoms with Crippen molar-refractivity contribution in [2.24, 2.45) is 13.0 Å². The summed E-state index contributed by atoms with van der Waals surface area (Å²) in [5, 5.41) is 16.1. The van der Waals surface area contributed by atoms with Gasteiger partial charge in [0.05, 0.1) is 0 Å². The van der Waals surface area contributed by atoms with E-state index in [1.165, 1.54) is 4.68 Å². The number of nitrogens with zero attached hydrogens (tertiary/aromatic N) is 3. The molecule has 1 aliphatic heterocycles. The molecule has 2 aromatic rings. The monoisotopic (exact) mass is 551 g/mol. The molecule has 40 heavy (non-hydrogen) atoms. The smallest absolute Gasteiger partial charge is 0.270 e. The van der Waals surface area contributed by atoms with Crippen LogP contribution in [-0.2, 0) is 27.9 Å². The Hall–Kier alpha value is -3.73. The van der Waals surface area contributed by atoms with Gasteiger partial charge >= 0.3 is 0 Å². The highest BCUT2D eigenvalue weighted by Crippen LogP contribution is 2.27. The van der Waals surface area contributed by atoms with E-state index in [0.29, 0.717) is 37.3 Å². The van der Waals surface area contributed by atoms with Crippen LogP contribution in [0.15, 0.2) is 36.5 Å². The SMILES string of the molecule is CCC(=O)NC(Cc1ccc(NC(=O)C(NC(=O)c2ccnn2C)C2CCCCC2)cc1)C(=O)N1CCNCC1. The number of carbonyl (C=O) groups excluding carboxylic acids is 4. The molecule has 1 aromatic carbocycles. The molecule has 4 rings (SSSR count). The summed E-state index contributed by atoms with van der Waals surface area (Å²) in [7, 11) is 1.70. The molecule has 2 aliphatic rings. The zero-order chi connectivity index (χ0) is 28.5. The predicted molar refractivity (Wildman–Crippen MR) is 151 cm³/mol. The number of benzene rings is 1. The lowest BCUT2D eigenvalue weighted by molar-refractivity contribution is -0.136. The first kappa shape index (κ1) is 29.3. The van der Waals surface area contributed by atoms with Crippen molar-refractivity contribution in [2.45, 2.75) is 64.0 Å². The van der Waals surface area contributed by atoms with Crippen molar-refractivity contribution >= 4 is 29.3 Å². The number of piperazine rings is 1.